The van der Waals surface area contributed by atoms with E-state index in [1.807, 2.05) is 0 Å². The maximum absolute atomic E-state index is 12.6. The molecule has 4 unspecified atom stereocenters. The summed E-state index contributed by atoms with van der Waals surface area (Å²) >= 11 is 0. The van der Waals surface area contributed by atoms with Crippen LogP contribution in [0.15, 0.2) is 0 Å². The number of carbonyl (C=O) groups is 2. The molecule has 4 atom stereocenters. The predicted octanol–water partition coefficient (Wildman–Crippen LogP) is 0.637. The average Bonchev–Trinajstić information content (AvgIpc) is 2.91. The second-order valence-electron chi connectivity index (χ2n) is 5.87. The van der Waals surface area contributed by atoms with Crippen molar-refractivity contribution < 1.29 is 24.2 Å². The number of likely N-dealkylation sites (tertiary alicyclic amines) is 2. The molecule has 0 aromatic heterocycles. The van der Waals surface area contributed by atoms with Crippen molar-refractivity contribution in [2.75, 3.05) is 33.9 Å². The maximum atomic E-state index is 12.6. The van der Waals surface area contributed by atoms with E-state index in [9.17, 15) is 14.7 Å². The van der Waals surface area contributed by atoms with Gasteiger partial charge in [-0.15, -0.1) is 0 Å². The zero-order valence-corrected chi connectivity index (χ0v) is 12.8. The Bertz CT molecular complexity index is 403. The molecule has 7 nitrogen and oxygen atoms in total. The fraction of sp³-hybridized carbons (Fsp3) is 0.857. The van der Waals surface area contributed by atoms with Crippen LogP contribution >= 0.6 is 0 Å². The predicted molar refractivity (Wildman–Crippen MR) is 75.1 cm³/mol. The van der Waals surface area contributed by atoms with Gasteiger partial charge in [0, 0.05) is 40.3 Å². The number of rotatable bonds is 3. The van der Waals surface area contributed by atoms with Crippen LogP contribution in [-0.2, 0) is 14.3 Å². The van der Waals surface area contributed by atoms with Crippen LogP contribution in [0.5, 0.6) is 0 Å². The van der Waals surface area contributed by atoms with Crippen LogP contribution < -0.4 is 0 Å². The van der Waals surface area contributed by atoms with Crippen molar-refractivity contribution >= 4 is 12.0 Å². The lowest BCUT2D eigenvalue weighted by molar-refractivity contribution is -0.141. The highest BCUT2D eigenvalue weighted by atomic mass is 16.5. The molecule has 21 heavy (non-hydrogen) atoms. The van der Waals surface area contributed by atoms with Gasteiger partial charge in [-0.2, -0.15) is 0 Å². The van der Waals surface area contributed by atoms with E-state index in [4.69, 9.17) is 9.47 Å². The minimum atomic E-state index is -0.975. The first kappa shape index (κ1) is 16.0. The molecule has 2 heterocycles. The van der Waals surface area contributed by atoms with E-state index >= 15 is 0 Å². The number of amides is 2. The van der Waals surface area contributed by atoms with Crippen LogP contribution in [0.4, 0.5) is 4.79 Å². The van der Waals surface area contributed by atoms with E-state index in [0.29, 0.717) is 32.0 Å². The van der Waals surface area contributed by atoms with Crippen molar-refractivity contribution in [3.63, 3.8) is 0 Å². The number of aliphatic carboxylic acids is 1. The van der Waals surface area contributed by atoms with Gasteiger partial charge in [-0.25, -0.2) is 9.59 Å². The van der Waals surface area contributed by atoms with Crippen LogP contribution in [0.25, 0.3) is 0 Å². The summed E-state index contributed by atoms with van der Waals surface area (Å²) in [6.07, 6.45) is 1.00. The minimum absolute atomic E-state index is 0.00630. The molecule has 0 spiro atoms. The van der Waals surface area contributed by atoms with Gasteiger partial charge >= 0.3 is 12.0 Å². The quantitative estimate of drug-likeness (QED) is 0.827. The summed E-state index contributed by atoms with van der Waals surface area (Å²) in [6.45, 7) is 3.58. The fourth-order valence-corrected chi connectivity index (χ4v) is 3.11. The largest absolute Gasteiger partial charge is 0.480 e. The number of carbonyl (C=O) groups excluding carboxylic acids is 1. The van der Waals surface area contributed by atoms with E-state index < -0.39 is 12.0 Å². The maximum Gasteiger partial charge on any atom is 0.326 e. The minimum Gasteiger partial charge on any atom is -0.480 e. The van der Waals surface area contributed by atoms with Crippen LogP contribution in [0.1, 0.15) is 19.8 Å². The number of hydrogen-bond donors (Lipinski definition) is 1. The molecule has 7 heteroatoms. The van der Waals surface area contributed by atoms with Gasteiger partial charge in [-0.1, -0.05) is 6.92 Å². The van der Waals surface area contributed by atoms with E-state index in [1.54, 1.807) is 19.1 Å². The summed E-state index contributed by atoms with van der Waals surface area (Å²) in [7, 11) is 3.19. The van der Waals surface area contributed by atoms with Gasteiger partial charge in [0.1, 0.15) is 6.04 Å². The van der Waals surface area contributed by atoms with Crippen molar-refractivity contribution in [3.8, 4) is 0 Å². The Kier molecular flexibility index (Phi) is 5.05. The highest BCUT2D eigenvalue weighted by molar-refractivity contribution is 5.83. The summed E-state index contributed by atoms with van der Waals surface area (Å²) in [6, 6.07) is -1.03. The van der Waals surface area contributed by atoms with Crippen molar-refractivity contribution in [2.24, 2.45) is 5.92 Å². The Morgan fingerprint density at radius 3 is 2.48 bits per heavy atom. The zero-order valence-electron chi connectivity index (χ0n) is 12.8. The summed E-state index contributed by atoms with van der Waals surface area (Å²) in [5, 5.41) is 9.29. The molecule has 0 aromatic carbocycles. The van der Waals surface area contributed by atoms with Crippen LogP contribution in [-0.4, -0.2) is 79.0 Å². The van der Waals surface area contributed by atoms with E-state index in [2.05, 4.69) is 6.92 Å². The second-order valence-corrected chi connectivity index (χ2v) is 5.87. The number of carboxylic acids is 1. The molecule has 2 saturated heterocycles. The number of urea groups is 1. The van der Waals surface area contributed by atoms with Crippen molar-refractivity contribution in [1.29, 1.82) is 0 Å². The normalized spacial score (nSPS) is 33.3. The topological polar surface area (TPSA) is 79.3 Å². The number of methoxy groups -OCH3 is 2. The Balaban J connectivity index is 2.06. The molecule has 2 amide bonds. The van der Waals surface area contributed by atoms with Crippen LogP contribution in [0.3, 0.4) is 0 Å². The molecule has 2 rings (SSSR count). The van der Waals surface area contributed by atoms with Gasteiger partial charge in [0.15, 0.2) is 0 Å². The SMILES string of the molecule is COC1CC(C(=O)O)N(C(=O)N2CCC(C)C(OC)C2)C1. The smallest absolute Gasteiger partial charge is 0.326 e. The fourth-order valence-electron chi connectivity index (χ4n) is 3.11. The average molecular weight is 300 g/mol. The monoisotopic (exact) mass is 300 g/mol. The number of nitrogens with zero attached hydrogens (tertiary/aromatic N) is 2. The van der Waals surface area contributed by atoms with Crippen LogP contribution in [0, 0.1) is 5.92 Å². The molecule has 0 saturated carbocycles. The van der Waals surface area contributed by atoms with Gasteiger partial charge in [-0.3, -0.25) is 0 Å². The zero-order chi connectivity index (χ0) is 15.6. The number of carboxylic acid groups (broad SMARTS) is 1. The van der Waals surface area contributed by atoms with E-state index in [1.165, 1.54) is 4.90 Å². The molecule has 1 N–H and O–H groups in total. The first-order valence-corrected chi connectivity index (χ1v) is 7.31. The van der Waals surface area contributed by atoms with Crippen molar-refractivity contribution in [2.45, 2.75) is 38.0 Å². The molecular weight excluding hydrogens is 276 g/mol. The molecule has 2 aliphatic rings. The molecule has 2 fully saturated rings. The highest BCUT2D eigenvalue weighted by Gasteiger charge is 2.42. The lowest BCUT2D eigenvalue weighted by Crippen LogP contribution is -2.53. The first-order chi connectivity index (χ1) is 9.97. The molecule has 0 bridgehead atoms. The van der Waals surface area contributed by atoms with Gasteiger partial charge in [0.05, 0.1) is 12.2 Å². The number of piperidine rings is 1. The number of hydrogen-bond acceptors (Lipinski definition) is 4. The van der Waals surface area contributed by atoms with Gasteiger partial charge in [0.2, 0.25) is 0 Å². The summed E-state index contributed by atoms with van der Waals surface area (Å²) < 4.78 is 10.6. The summed E-state index contributed by atoms with van der Waals surface area (Å²) in [4.78, 5) is 27.1. The molecule has 120 valence electrons. The molecule has 0 aromatic rings. The van der Waals surface area contributed by atoms with Crippen LogP contribution in [0.2, 0.25) is 0 Å². The van der Waals surface area contributed by atoms with Gasteiger partial charge in [-0.05, 0) is 12.3 Å². The standard InChI is InChI=1S/C14H24N2O5/c1-9-4-5-15(8-12(9)21-3)14(19)16-7-10(20-2)6-11(16)13(17)18/h9-12H,4-8H2,1-3H3,(H,17,18). The van der Waals surface area contributed by atoms with Gasteiger partial charge in [0.25, 0.3) is 0 Å². The lowest BCUT2D eigenvalue weighted by atomic mass is 9.96. The van der Waals surface area contributed by atoms with Crippen molar-refractivity contribution in [1.82, 2.24) is 9.80 Å². The summed E-state index contributed by atoms with van der Waals surface area (Å²) in [5.74, 6) is -0.573. The molecule has 2 aliphatic heterocycles. The van der Waals surface area contributed by atoms with E-state index in [0.717, 1.165) is 6.42 Å². The van der Waals surface area contributed by atoms with E-state index in [-0.39, 0.29) is 18.2 Å². The molecule has 0 radical (unpaired) electrons. The first-order valence-electron chi connectivity index (χ1n) is 7.31. The third-order valence-corrected chi connectivity index (χ3v) is 4.59. The number of ether oxygens (including phenoxy) is 2. The Hall–Kier alpha value is -1.34. The molecular formula is C14H24N2O5. The Morgan fingerprint density at radius 1 is 1.19 bits per heavy atom. The Labute approximate surface area is 124 Å². The molecule has 0 aliphatic carbocycles. The highest BCUT2D eigenvalue weighted by Crippen LogP contribution is 2.25. The van der Waals surface area contributed by atoms with Crippen molar-refractivity contribution in [3.05, 3.63) is 0 Å². The van der Waals surface area contributed by atoms with Gasteiger partial charge < -0.3 is 24.4 Å². The second kappa shape index (κ2) is 6.62. The Morgan fingerprint density at radius 2 is 1.90 bits per heavy atom. The lowest BCUT2D eigenvalue weighted by Gasteiger charge is -2.38. The third kappa shape index (κ3) is 3.29. The third-order valence-electron chi connectivity index (χ3n) is 4.59. The summed E-state index contributed by atoms with van der Waals surface area (Å²) in [5.41, 5.74) is 0.